The first-order valence-electron chi connectivity index (χ1n) is 28.0. The molecule has 0 bridgehead atoms. The lowest BCUT2D eigenvalue weighted by Gasteiger charge is -2.27. The van der Waals surface area contributed by atoms with E-state index in [1.165, 1.54) is 199 Å². The minimum absolute atomic E-state index is 0.357. The van der Waals surface area contributed by atoms with Gasteiger partial charge in [0.05, 0.1) is 18.8 Å². The lowest BCUT2D eigenvalue weighted by atomic mass is 10.00. The Labute approximate surface area is 398 Å². The summed E-state index contributed by atoms with van der Waals surface area (Å²) in [5.41, 5.74) is 0. The summed E-state index contributed by atoms with van der Waals surface area (Å²) in [7, 11) is 0. The molecule has 0 heterocycles. The molecule has 0 aromatic rings. The van der Waals surface area contributed by atoms with Crippen LogP contribution in [0.3, 0.4) is 0 Å². The third kappa shape index (κ3) is 45.4. The summed E-state index contributed by atoms with van der Waals surface area (Å²) in [6.45, 7) is 4.06. The molecule has 0 saturated heterocycles. The van der Waals surface area contributed by atoms with Crippen LogP contribution < -0.4 is 5.32 Å². The molecule has 6 heteroatoms. The first-order chi connectivity index (χ1) is 31.5. The number of nitrogens with one attached hydrogen (secondary N) is 1. The normalized spacial score (nSPS) is 14.2. The van der Waals surface area contributed by atoms with Crippen LogP contribution in [0.4, 0.5) is 0 Å². The average molecular weight is 901 g/mol. The summed E-state index contributed by atoms with van der Waals surface area (Å²) in [4.78, 5) is 12.6. The van der Waals surface area contributed by atoms with Gasteiger partial charge in [-0.05, 0) is 89.9 Å². The van der Waals surface area contributed by atoms with Crippen LogP contribution >= 0.6 is 0 Å². The molecule has 6 nitrogen and oxygen atoms in total. The highest BCUT2D eigenvalue weighted by Crippen LogP contribution is 2.16. The van der Waals surface area contributed by atoms with Crippen molar-refractivity contribution in [1.29, 1.82) is 0 Å². The van der Waals surface area contributed by atoms with E-state index in [0.717, 1.165) is 51.4 Å². The number of aliphatic hydroxyl groups excluding tert-OH is 4. The van der Waals surface area contributed by atoms with Crippen LogP contribution in [0.5, 0.6) is 0 Å². The van der Waals surface area contributed by atoms with Gasteiger partial charge in [-0.1, -0.05) is 242 Å². The summed E-state index contributed by atoms with van der Waals surface area (Å²) >= 11 is 0. The maximum absolute atomic E-state index is 12.6. The predicted octanol–water partition coefficient (Wildman–Crippen LogP) is 16.2. The number of carbonyl (C=O) groups excluding carboxylic acids is 1. The molecule has 4 unspecified atom stereocenters. The Balaban J connectivity index is 3.70. The van der Waals surface area contributed by atoms with Gasteiger partial charge in [0.2, 0.25) is 5.91 Å². The highest BCUT2D eigenvalue weighted by Gasteiger charge is 2.28. The fourth-order valence-electron chi connectivity index (χ4n) is 8.55. The molecular formula is C58H109NO5. The second kappa shape index (κ2) is 52.2. The van der Waals surface area contributed by atoms with Crippen LogP contribution in [-0.4, -0.2) is 57.3 Å². The summed E-state index contributed by atoms with van der Waals surface area (Å²) < 4.78 is 0. The molecule has 1 amide bonds. The number of carbonyl (C=O) groups is 1. The number of rotatable bonds is 51. The third-order valence-corrected chi connectivity index (χ3v) is 13.0. The van der Waals surface area contributed by atoms with Crippen molar-refractivity contribution in [3.63, 3.8) is 0 Å². The number of unbranched alkanes of at least 4 members (excludes halogenated alkanes) is 34. The molecule has 0 aromatic heterocycles. The molecule has 0 aliphatic rings. The second-order valence-corrected chi connectivity index (χ2v) is 19.3. The maximum Gasteiger partial charge on any atom is 0.249 e. The van der Waals surface area contributed by atoms with Gasteiger partial charge in [0.15, 0.2) is 0 Å². The van der Waals surface area contributed by atoms with Crippen molar-refractivity contribution >= 4 is 5.91 Å². The number of amides is 1. The van der Waals surface area contributed by atoms with E-state index >= 15 is 0 Å². The zero-order valence-corrected chi connectivity index (χ0v) is 42.5. The Morgan fingerprint density at radius 1 is 0.375 bits per heavy atom. The summed E-state index contributed by atoms with van der Waals surface area (Å²) in [6, 6.07) is -1.01. The molecule has 376 valence electrons. The smallest absolute Gasteiger partial charge is 0.249 e. The van der Waals surface area contributed by atoms with Gasteiger partial charge >= 0.3 is 0 Å². The van der Waals surface area contributed by atoms with Crippen molar-refractivity contribution in [2.75, 3.05) is 6.61 Å². The lowest BCUT2D eigenvalue weighted by molar-refractivity contribution is -0.132. The van der Waals surface area contributed by atoms with Gasteiger partial charge in [-0.2, -0.15) is 0 Å². The molecule has 64 heavy (non-hydrogen) atoms. The highest BCUT2D eigenvalue weighted by molar-refractivity contribution is 5.80. The second-order valence-electron chi connectivity index (χ2n) is 19.3. The van der Waals surface area contributed by atoms with Gasteiger partial charge in [0.1, 0.15) is 12.2 Å². The number of allylic oxidation sites excluding steroid dienone is 8. The van der Waals surface area contributed by atoms with Crippen molar-refractivity contribution in [3.05, 3.63) is 48.6 Å². The minimum atomic E-state index is -1.30. The summed E-state index contributed by atoms with van der Waals surface area (Å²) in [6.07, 6.45) is 66.0. The molecule has 0 radical (unpaired) electrons. The molecule has 4 atom stereocenters. The molecular weight excluding hydrogens is 791 g/mol. The largest absolute Gasteiger partial charge is 0.394 e. The molecule has 5 N–H and O–H groups in total. The van der Waals surface area contributed by atoms with Gasteiger partial charge in [-0.3, -0.25) is 4.79 Å². The fourth-order valence-corrected chi connectivity index (χ4v) is 8.55. The van der Waals surface area contributed by atoms with Crippen molar-refractivity contribution in [3.8, 4) is 0 Å². The van der Waals surface area contributed by atoms with Crippen LogP contribution in [0.25, 0.3) is 0 Å². The SMILES string of the molecule is CCCCCCCCCC/C=C/CC/C=C/CC/C=C/CCCC(O)C(O)C(CO)NC(=O)C(O)CCCCCCCCCCCCC/C=C\CCCCCCCCCCCCCC. The van der Waals surface area contributed by atoms with Gasteiger partial charge in [0, 0.05) is 0 Å². The molecule has 0 saturated carbocycles. The molecule has 0 spiro atoms. The van der Waals surface area contributed by atoms with E-state index in [2.05, 4.69) is 67.8 Å². The van der Waals surface area contributed by atoms with Gasteiger partial charge in [0.25, 0.3) is 0 Å². The van der Waals surface area contributed by atoms with E-state index in [1.807, 2.05) is 0 Å². The Bertz CT molecular complexity index is 1060. The number of hydrogen-bond acceptors (Lipinski definition) is 5. The molecule has 0 rings (SSSR count). The minimum Gasteiger partial charge on any atom is -0.394 e. The van der Waals surface area contributed by atoms with E-state index in [1.54, 1.807) is 0 Å². The van der Waals surface area contributed by atoms with E-state index < -0.39 is 36.9 Å². The first-order valence-corrected chi connectivity index (χ1v) is 28.0. The predicted molar refractivity (Wildman–Crippen MR) is 279 cm³/mol. The standard InChI is InChI=1S/C58H109NO5/c1-3-5-7-9-11-13-15-17-19-21-23-25-26-27-28-29-30-32-34-36-38-40-42-44-46-48-50-52-56(62)58(64)59-54(53-60)57(63)55(61)51-49-47-45-43-41-39-37-35-33-31-24-22-20-18-16-14-12-10-8-6-4-2/h22,24,27-28,35,37,43,45,54-57,60-63H,3-21,23,25-26,29-34,36,38-42,44,46-53H2,1-2H3,(H,59,64)/b24-22+,28-27-,37-35+,45-43+. The van der Waals surface area contributed by atoms with Gasteiger partial charge < -0.3 is 25.7 Å². The lowest BCUT2D eigenvalue weighted by Crippen LogP contribution is -2.53. The van der Waals surface area contributed by atoms with Crippen LogP contribution in [0.15, 0.2) is 48.6 Å². The van der Waals surface area contributed by atoms with E-state index in [9.17, 15) is 25.2 Å². The van der Waals surface area contributed by atoms with Gasteiger partial charge in [-0.25, -0.2) is 0 Å². The Morgan fingerprint density at radius 2 is 0.656 bits per heavy atom. The fraction of sp³-hybridized carbons (Fsp3) is 0.845. The highest BCUT2D eigenvalue weighted by atomic mass is 16.3. The number of aliphatic hydroxyl groups is 4. The zero-order valence-electron chi connectivity index (χ0n) is 42.5. The monoisotopic (exact) mass is 900 g/mol. The Kier molecular flexibility index (Phi) is 50.8. The zero-order chi connectivity index (χ0) is 46.7. The quantitative estimate of drug-likeness (QED) is 0.0309. The van der Waals surface area contributed by atoms with Crippen LogP contribution in [0.2, 0.25) is 0 Å². The van der Waals surface area contributed by atoms with E-state index in [0.29, 0.717) is 19.3 Å². The van der Waals surface area contributed by atoms with Crippen molar-refractivity contribution < 1.29 is 25.2 Å². The third-order valence-electron chi connectivity index (χ3n) is 13.0. The summed E-state index contributed by atoms with van der Waals surface area (Å²) in [5.74, 6) is -0.598. The Hall–Kier alpha value is -1.73. The van der Waals surface area contributed by atoms with Crippen LogP contribution in [0, 0.1) is 0 Å². The number of hydrogen-bond donors (Lipinski definition) is 5. The molecule has 0 fully saturated rings. The van der Waals surface area contributed by atoms with E-state index in [4.69, 9.17) is 0 Å². The van der Waals surface area contributed by atoms with E-state index in [-0.39, 0.29) is 0 Å². The Morgan fingerprint density at radius 3 is 0.984 bits per heavy atom. The van der Waals surface area contributed by atoms with Crippen molar-refractivity contribution in [2.24, 2.45) is 0 Å². The average Bonchev–Trinajstić information content (AvgIpc) is 3.30. The van der Waals surface area contributed by atoms with Crippen molar-refractivity contribution in [2.45, 2.75) is 308 Å². The molecule has 0 aromatic carbocycles. The van der Waals surface area contributed by atoms with Gasteiger partial charge in [-0.15, -0.1) is 0 Å². The van der Waals surface area contributed by atoms with Crippen molar-refractivity contribution in [1.82, 2.24) is 5.32 Å². The first kappa shape index (κ1) is 62.3. The molecule has 0 aliphatic heterocycles. The van der Waals surface area contributed by atoms with Crippen LogP contribution in [0.1, 0.15) is 284 Å². The van der Waals surface area contributed by atoms with Crippen LogP contribution in [-0.2, 0) is 4.79 Å². The maximum atomic E-state index is 12.6. The topological polar surface area (TPSA) is 110 Å². The summed E-state index contributed by atoms with van der Waals surface area (Å²) in [5, 5.41) is 43.9. The molecule has 0 aliphatic carbocycles.